The van der Waals surface area contributed by atoms with E-state index in [0.29, 0.717) is 10.9 Å². The highest BCUT2D eigenvalue weighted by atomic mass is 79.9. The number of imidazole rings is 1. The number of aryl methyl sites for hydroxylation is 2. The van der Waals surface area contributed by atoms with Gasteiger partial charge in [-0.2, -0.15) is 0 Å². The molecule has 0 spiro atoms. The standard InChI is InChI=1S/C14H11BrCl2N2S/c15-13-4-2-10(20-13)5-6-19-12-3-1-9(17)7-11(12)18-14(19)8-16/h1-4,7H,5-6,8H2. The van der Waals surface area contributed by atoms with Crippen LogP contribution in [0.2, 0.25) is 5.02 Å². The van der Waals surface area contributed by atoms with Crippen LogP contribution in [0.15, 0.2) is 34.1 Å². The van der Waals surface area contributed by atoms with E-state index in [-0.39, 0.29) is 0 Å². The molecule has 0 aliphatic heterocycles. The minimum absolute atomic E-state index is 0.403. The van der Waals surface area contributed by atoms with E-state index in [1.54, 1.807) is 11.3 Å². The van der Waals surface area contributed by atoms with Crippen LogP contribution in [-0.2, 0) is 18.8 Å². The molecule has 20 heavy (non-hydrogen) atoms. The quantitative estimate of drug-likeness (QED) is 0.539. The summed E-state index contributed by atoms with van der Waals surface area (Å²) in [5.74, 6) is 1.29. The van der Waals surface area contributed by atoms with E-state index < -0.39 is 0 Å². The second-order valence-corrected chi connectivity index (χ2v) is 7.65. The van der Waals surface area contributed by atoms with E-state index in [0.717, 1.165) is 33.6 Å². The molecule has 2 nitrogen and oxygen atoms in total. The van der Waals surface area contributed by atoms with Gasteiger partial charge in [-0.25, -0.2) is 4.98 Å². The van der Waals surface area contributed by atoms with Crippen molar-refractivity contribution in [2.45, 2.75) is 18.8 Å². The van der Waals surface area contributed by atoms with Crippen LogP contribution in [0.25, 0.3) is 11.0 Å². The molecule has 104 valence electrons. The summed E-state index contributed by atoms with van der Waals surface area (Å²) in [7, 11) is 0. The normalized spacial score (nSPS) is 11.3. The number of halogens is 3. The summed E-state index contributed by atoms with van der Waals surface area (Å²) in [6.07, 6.45) is 0.967. The molecule has 0 aliphatic rings. The van der Waals surface area contributed by atoms with Crippen molar-refractivity contribution in [2.75, 3.05) is 0 Å². The Morgan fingerprint density at radius 3 is 2.80 bits per heavy atom. The van der Waals surface area contributed by atoms with Crippen molar-refractivity contribution >= 4 is 61.5 Å². The van der Waals surface area contributed by atoms with Gasteiger partial charge in [-0.1, -0.05) is 11.6 Å². The second kappa shape index (κ2) is 6.06. The molecule has 1 aromatic carbocycles. The van der Waals surface area contributed by atoms with E-state index in [1.165, 1.54) is 4.88 Å². The third-order valence-corrected chi connectivity index (χ3v) is 5.28. The van der Waals surface area contributed by atoms with Gasteiger partial charge in [0, 0.05) is 16.4 Å². The molecule has 0 N–H and O–H groups in total. The lowest BCUT2D eigenvalue weighted by Gasteiger charge is -2.06. The number of nitrogens with zero attached hydrogens (tertiary/aromatic N) is 2. The minimum atomic E-state index is 0.403. The van der Waals surface area contributed by atoms with Crippen molar-refractivity contribution in [1.82, 2.24) is 9.55 Å². The molecule has 2 heterocycles. The first-order valence-corrected chi connectivity index (χ1v) is 8.64. The number of rotatable bonds is 4. The van der Waals surface area contributed by atoms with Gasteiger partial charge in [0.25, 0.3) is 0 Å². The van der Waals surface area contributed by atoms with Crippen LogP contribution < -0.4 is 0 Å². The van der Waals surface area contributed by atoms with Gasteiger partial charge in [0.05, 0.1) is 20.7 Å². The molecule has 0 atom stereocenters. The van der Waals surface area contributed by atoms with Gasteiger partial charge >= 0.3 is 0 Å². The maximum atomic E-state index is 6.01. The zero-order valence-electron chi connectivity index (χ0n) is 10.4. The number of alkyl halides is 1. The molecular formula is C14H11BrCl2N2S. The lowest BCUT2D eigenvalue weighted by Crippen LogP contribution is -2.04. The number of benzene rings is 1. The van der Waals surface area contributed by atoms with Gasteiger partial charge in [-0.05, 0) is 52.7 Å². The van der Waals surface area contributed by atoms with Crippen LogP contribution >= 0.6 is 50.5 Å². The average Bonchev–Trinajstić information content (AvgIpc) is 2.99. The fourth-order valence-corrected chi connectivity index (χ4v) is 4.05. The summed E-state index contributed by atoms with van der Waals surface area (Å²) in [5, 5.41) is 0.699. The predicted octanol–water partition coefficient (Wildman–Crippen LogP) is 5.50. The number of hydrogen-bond donors (Lipinski definition) is 0. The summed E-state index contributed by atoms with van der Waals surface area (Å²) in [6.45, 7) is 0.868. The van der Waals surface area contributed by atoms with E-state index in [9.17, 15) is 0 Å². The Morgan fingerprint density at radius 2 is 2.10 bits per heavy atom. The Morgan fingerprint density at radius 1 is 1.25 bits per heavy atom. The fraction of sp³-hybridized carbons (Fsp3) is 0.214. The summed E-state index contributed by atoms with van der Waals surface area (Å²) < 4.78 is 3.33. The molecular weight excluding hydrogens is 379 g/mol. The molecule has 0 radical (unpaired) electrons. The number of aromatic nitrogens is 2. The zero-order chi connectivity index (χ0) is 14.1. The average molecular weight is 390 g/mol. The van der Waals surface area contributed by atoms with Crippen molar-refractivity contribution in [3.05, 3.63) is 49.8 Å². The summed E-state index contributed by atoms with van der Waals surface area (Å²) >= 11 is 17.3. The third kappa shape index (κ3) is 2.89. The van der Waals surface area contributed by atoms with Gasteiger partial charge in [0.1, 0.15) is 5.82 Å². The molecule has 0 unspecified atom stereocenters. The minimum Gasteiger partial charge on any atom is -0.327 e. The van der Waals surface area contributed by atoms with Gasteiger partial charge in [-0.15, -0.1) is 22.9 Å². The van der Waals surface area contributed by atoms with Gasteiger partial charge in [0.15, 0.2) is 0 Å². The van der Waals surface area contributed by atoms with Gasteiger partial charge in [-0.3, -0.25) is 0 Å². The van der Waals surface area contributed by atoms with E-state index in [2.05, 4.69) is 37.6 Å². The lowest BCUT2D eigenvalue weighted by molar-refractivity contribution is 0.693. The van der Waals surface area contributed by atoms with Crippen LogP contribution in [-0.4, -0.2) is 9.55 Å². The topological polar surface area (TPSA) is 17.8 Å². The van der Waals surface area contributed by atoms with E-state index in [1.807, 2.05) is 18.2 Å². The first kappa shape index (κ1) is 14.4. The predicted molar refractivity (Wildman–Crippen MR) is 90.0 cm³/mol. The zero-order valence-corrected chi connectivity index (χ0v) is 14.4. The highest BCUT2D eigenvalue weighted by Crippen LogP contribution is 2.25. The first-order valence-electron chi connectivity index (χ1n) is 6.12. The third-order valence-electron chi connectivity index (χ3n) is 3.12. The molecule has 0 bridgehead atoms. The van der Waals surface area contributed by atoms with Crippen molar-refractivity contribution in [3.8, 4) is 0 Å². The van der Waals surface area contributed by atoms with Crippen molar-refractivity contribution < 1.29 is 0 Å². The largest absolute Gasteiger partial charge is 0.327 e. The van der Waals surface area contributed by atoms with Crippen LogP contribution in [0.3, 0.4) is 0 Å². The molecule has 0 aliphatic carbocycles. The highest BCUT2D eigenvalue weighted by Gasteiger charge is 2.10. The summed E-state index contributed by atoms with van der Waals surface area (Å²) in [6, 6.07) is 10.00. The monoisotopic (exact) mass is 388 g/mol. The molecule has 3 aromatic rings. The Balaban J connectivity index is 1.93. The Kier molecular flexibility index (Phi) is 4.36. The molecule has 0 saturated carbocycles. The molecule has 6 heteroatoms. The Hall–Kier alpha value is -0.550. The van der Waals surface area contributed by atoms with Gasteiger partial charge < -0.3 is 4.57 Å². The van der Waals surface area contributed by atoms with Crippen molar-refractivity contribution in [1.29, 1.82) is 0 Å². The van der Waals surface area contributed by atoms with Crippen LogP contribution in [0.4, 0.5) is 0 Å². The number of thiophene rings is 1. The van der Waals surface area contributed by atoms with Crippen LogP contribution in [0.1, 0.15) is 10.7 Å². The Bertz CT molecular complexity index is 751. The van der Waals surface area contributed by atoms with Crippen LogP contribution in [0.5, 0.6) is 0 Å². The maximum Gasteiger partial charge on any atom is 0.124 e. The van der Waals surface area contributed by atoms with E-state index in [4.69, 9.17) is 23.2 Å². The van der Waals surface area contributed by atoms with Crippen molar-refractivity contribution in [2.24, 2.45) is 0 Å². The molecule has 0 amide bonds. The fourth-order valence-electron chi connectivity index (χ4n) is 2.21. The SMILES string of the molecule is ClCc1nc2cc(Cl)ccc2n1CCc1ccc(Br)s1. The van der Waals surface area contributed by atoms with Crippen molar-refractivity contribution in [3.63, 3.8) is 0 Å². The van der Waals surface area contributed by atoms with E-state index >= 15 is 0 Å². The second-order valence-electron chi connectivity index (χ2n) is 4.40. The van der Waals surface area contributed by atoms with Gasteiger partial charge in [0.2, 0.25) is 0 Å². The molecule has 3 rings (SSSR count). The molecule has 0 saturated heterocycles. The van der Waals surface area contributed by atoms with Crippen LogP contribution in [0, 0.1) is 0 Å². The summed E-state index contributed by atoms with van der Waals surface area (Å²) in [4.78, 5) is 5.89. The highest BCUT2D eigenvalue weighted by molar-refractivity contribution is 9.11. The lowest BCUT2D eigenvalue weighted by atomic mass is 10.3. The summed E-state index contributed by atoms with van der Waals surface area (Å²) in [5.41, 5.74) is 1.99. The molecule has 0 fully saturated rings. The smallest absolute Gasteiger partial charge is 0.124 e. The maximum absolute atomic E-state index is 6.01. The first-order chi connectivity index (χ1) is 9.67. The molecule has 2 aromatic heterocycles. The number of fused-ring (bicyclic) bond motifs is 1. The number of hydrogen-bond acceptors (Lipinski definition) is 2. The Labute approximate surface area is 139 Å².